The smallest absolute Gasteiger partial charge is 0.339 e. The lowest BCUT2D eigenvalue weighted by atomic mass is 9.89. The summed E-state index contributed by atoms with van der Waals surface area (Å²) in [6.45, 7) is 7.36. The Bertz CT molecular complexity index is 2320. The molecule has 15 heteroatoms. The number of rotatable bonds is 19. The normalized spacial score (nSPS) is 11.9. The lowest BCUT2D eigenvalue weighted by Gasteiger charge is -2.22. The summed E-state index contributed by atoms with van der Waals surface area (Å²) < 4.78 is 32.3. The molecule has 0 bridgehead atoms. The van der Waals surface area contributed by atoms with E-state index in [1.165, 1.54) is 66.0 Å². The molecule has 0 aliphatic carbocycles. The summed E-state index contributed by atoms with van der Waals surface area (Å²) in [6.07, 6.45) is 6.20. The monoisotopic (exact) mass is 850 g/mol. The van der Waals surface area contributed by atoms with Crippen LogP contribution >= 0.6 is 0 Å². The zero-order valence-corrected chi connectivity index (χ0v) is 35.2. The van der Waals surface area contributed by atoms with Crippen molar-refractivity contribution in [3.63, 3.8) is 0 Å². The van der Waals surface area contributed by atoms with Gasteiger partial charge in [-0.2, -0.15) is 4.89 Å². The number of hydrogen-bond donors (Lipinski definition) is 0. The minimum absolute atomic E-state index is 0.0329. The highest BCUT2D eigenvalue weighted by Crippen LogP contribution is 2.42. The maximum absolute atomic E-state index is 14.0. The van der Waals surface area contributed by atoms with Crippen LogP contribution in [0.15, 0.2) is 91.0 Å². The number of esters is 5. The molecule has 4 aromatic carbocycles. The van der Waals surface area contributed by atoms with Gasteiger partial charge in [-0.3, -0.25) is 33.7 Å². The molecule has 0 aliphatic heterocycles. The molecule has 0 unspecified atom stereocenters. The summed E-state index contributed by atoms with van der Waals surface area (Å²) in [6, 6.07) is 21.2. The third-order valence-electron chi connectivity index (χ3n) is 8.60. The molecular weight excluding hydrogens is 805 g/mol. The van der Waals surface area contributed by atoms with Crippen molar-refractivity contribution in [2.75, 3.05) is 7.11 Å². The molecule has 0 spiro atoms. The second-order valence-electron chi connectivity index (χ2n) is 13.7. The zero-order chi connectivity index (χ0) is 45.3. The molecule has 0 N–H and O–H groups in total. The summed E-state index contributed by atoms with van der Waals surface area (Å²) in [5.41, 5.74) is 1.99. The highest BCUT2D eigenvalue weighted by Gasteiger charge is 2.27. The fourth-order valence-corrected chi connectivity index (χ4v) is 6.07. The molecule has 0 heterocycles. The van der Waals surface area contributed by atoms with Gasteiger partial charge in [0.1, 0.15) is 40.4 Å². The van der Waals surface area contributed by atoms with Gasteiger partial charge in [-0.15, -0.1) is 0 Å². The number of carbonyl (C=O) groups excluding carboxylic acids is 7. The van der Waals surface area contributed by atoms with Crippen LogP contribution in [0.1, 0.15) is 92.9 Å². The van der Waals surface area contributed by atoms with E-state index in [1.807, 2.05) is 0 Å². The molecule has 4 rings (SSSR count). The van der Waals surface area contributed by atoms with E-state index in [1.54, 1.807) is 78.9 Å². The topological polar surface area (TPSA) is 193 Å². The van der Waals surface area contributed by atoms with E-state index in [0.717, 1.165) is 12.5 Å². The first-order chi connectivity index (χ1) is 29.5. The Hall–Kier alpha value is -7.39. The Balaban J connectivity index is 1.82. The predicted molar refractivity (Wildman–Crippen MR) is 224 cm³/mol. The number of ketones is 1. The molecule has 0 aliphatic rings. The first-order valence-electron chi connectivity index (χ1n) is 19.2. The summed E-state index contributed by atoms with van der Waals surface area (Å²) >= 11 is 0. The minimum Gasteiger partial charge on any atom is -0.496 e. The van der Waals surface area contributed by atoms with E-state index in [9.17, 15) is 33.6 Å². The number of methoxy groups -OCH3 is 1. The lowest BCUT2D eigenvalue weighted by molar-refractivity contribution is -0.298. The van der Waals surface area contributed by atoms with E-state index in [4.69, 9.17) is 38.2 Å². The Morgan fingerprint density at radius 1 is 0.581 bits per heavy atom. The zero-order valence-electron chi connectivity index (χ0n) is 35.2. The van der Waals surface area contributed by atoms with Crippen molar-refractivity contribution in [1.82, 2.24) is 0 Å². The van der Waals surface area contributed by atoms with Gasteiger partial charge in [0.2, 0.25) is 0 Å². The predicted octanol–water partition coefficient (Wildman–Crippen LogP) is 7.90. The maximum Gasteiger partial charge on any atom is 0.339 e. The third-order valence-corrected chi connectivity index (χ3v) is 8.60. The van der Waals surface area contributed by atoms with Crippen molar-refractivity contribution in [1.29, 1.82) is 0 Å². The second-order valence-corrected chi connectivity index (χ2v) is 13.7. The quantitative estimate of drug-likeness (QED) is 0.0221. The van der Waals surface area contributed by atoms with Crippen LogP contribution in [-0.2, 0) is 45.0 Å². The summed E-state index contributed by atoms with van der Waals surface area (Å²) in [5, 5.41) is 0. The first-order valence-corrected chi connectivity index (χ1v) is 19.2. The fourth-order valence-electron chi connectivity index (χ4n) is 6.07. The second kappa shape index (κ2) is 22.8. The summed E-state index contributed by atoms with van der Waals surface area (Å²) in [7, 11) is 1.29. The van der Waals surface area contributed by atoms with Crippen LogP contribution in [0.4, 0.5) is 0 Å². The Kier molecular flexibility index (Phi) is 17.4. The first kappa shape index (κ1) is 47.3. The third kappa shape index (κ3) is 15.0. The van der Waals surface area contributed by atoms with Crippen LogP contribution in [0.5, 0.6) is 34.5 Å². The van der Waals surface area contributed by atoms with Crippen molar-refractivity contribution >= 4 is 53.8 Å². The molecule has 2 atom stereocenters. The Morgan fingerprint density at radius 2 is 1.10 bits per heavy atom. The number of ether oxygens (including phenoxy) is 6. The van der Waals surface area contributed by atoms with Gasteiger partial charge in [-0.1, -0.05) is 54.6 Å². The Morgan fingerprint density at radius 3 is 1.60 bits per heavy atom. The molecule has 0 fully saturated rings. The van der Waals surface area contributed by atoms with Gasteiger partial charge >= 0.3 is 35.8 Å². The van der Waals surface area contributed by atoms with Crippen LogP contribution in [0.25, 0.3) is 12.2 Å². The summed E-state index contributed by atoms with van der Waals surface area (Å²) in [4.78, 5) is 96.1. The van der Waals surface area contributed by atoms with Crippen LogP contribution in [0.3, 0.4) is 0 Å². The van der Waals surface area contributed by atoms with Crippen molar-refractivity contribution in [2.24, 2.45) is 0 Å². The average Bonchev–Trinajstić information content (AvgIpc) is 3.20. The SMILES string of the molecule is COc1cc(OC(C)=O)c(/C=C/[C@H](C[C@H](CCc2ccc(OC(C)=O)cc2)OOC(C)=O)c2ccc(OC(C)=O)cc2)c(OC(C)=O)c1C(=O)/C=C/c1ccc(OC(C)=O)cc1. The molecule has 62 heavy (non-hydrogen) atoms. The average molecular weight is 851 g/mol. The molecule has 0 radical (unpaired) electrons. The Labute approximate surface area is 358 Å². The van der Waals surface area contributed by atoms with Crippen molar-refractivity contribution in [2.45, 2.75) is 72.8 Å². The van der Waals surface area contributed by atoms with Gasteiger partial charge in [0.05, 0.1) is 12.7 Å². The van der Waals surface area contributed by atoms with E-state index in [0.29, 0.717) is 35.5 Å². The van der Waals surface area contributed by atoms with Crippen LogP contribution in [0, 0.1) is 0 Å². The lowest BCUT2D eigenvalue weighted by Crippen LogP contribution is -2.19. The van der Waals surface area contributed by atoms with Crippen molar-refractivity contribution in [3.05, 3.63) is 119 Å². The van der Waals surface area contributed by atoms with Gasteiger partial charge in [-0.25, -0.2) is 4.79 Å². The molecule has 0 amide bonds. The number of carbonyl (C=O) groups is 7. The van der Waals surface area contributed by atoms with Gasteiger partial charge in [0.25, 0.3) is 0 Å². The van der Waals surface area contributed by atoms with Gasteiger partial charge in [-0.05, 0) is 78.4 Å². The van der Waals surface area contributed by atoms with Gasteiger partial charge < -0.3 is 28.4 Å². The van der Waals surface area contributed by atoms with E-state index in [-0.39, 0.29) is 40.5 Å². The molecule has 15 nitrogen and oxygen atoms in total. The summed E-state index contributed by atoms with van der Waals surface area (Å²) in [5.74, 6) is -4.34. The number of aryl methyl sites for hydroxylation is 1. The van der Waals surface area contributed by atoms with Crippen LogP contribution in [-0.4, -0.2) is 54.8 Å². The van der Waals surface area contributed by atoms with Crippen LogP contribution < -0.4 is 28.4 Å². The standard InChI is InChI=1S/C47H46O15/c1-28(48)56-38-17-8-34(9-18-38)12-21-41(62-61-33(6)53)26-37(36-14-22-40(23-15-36)58-30(3)50)16-24-42-44(59-31(4)51)27-45(55-7)46(47(42)60-32(5)52)43(54)25-13-35-10-19-39(20-11-35)57-29(2)49/h8-11,13-20,22-25,27,37,41H,12,21,26H2,1-7H3/b24-16+,25-13+/t37-,41+/m1/s1. The number of benzene rings is 4. The van der Waals surface area contributed by atoms with Gasteiger partial charge in [0, 0.05) is 53.5 Å². The molecule has 0 saturated heterocycles. The highest BCUT2D eigenvalue weighted by molar-refractivity contribution is 6.12. The van der Waals surface area contributed by atoms with Crippen molar-refractivity contribution < 1.29 is 71.8 Å². The highest BCUT2D eigenvalue weighted by atomic mass is 17.2. The molecular formula is C47H46O15. The fraction of sp³-hybridized carbons (Fsp3) is 0.255. The number of hydrogen-bond acceptors (Lipinski definition) is 15. The minimum atomic E-state index is -0.797. The molecule has 4 aromatic rings. The largest absolute Gasteiger partial charge is 0.496 e. The van der Waals surface area contributed by atoms with Crippen LogP contribution in [0.2, 0.25) is 0 Å². The van der Waals surface area contributed by atoms with E-state index < -0.39 is 53.6 Å². The van der Waals surface area contributed by atoms with E-state index >= 15 is 0 Å². The molecule has 0 aromatic heterocycles. The maximum atomic E-state index is 14.0. The van der Waals surface area contributed by atoms with Gasteiger partial charge in [0.15, 0.2) is 11.5 Å². The van der Waals surface area contributed by atoms with Crippen molar-refractivity contribution in [3.8, 4) is 34.5 Å². The molecule has 0 saturated carbocycles. The number of allylic oxidation sites excluding steroid dienone is 2. The molecule has 324 valence electrons. The van der Waals surface area contributed by atoms with E-state index in [2.05, 4.69) is 0 Å².